The lowest BCUT2D eigenvalue weighted by molar-refractivity contribution is 0.475. The molecule has 5 nitrogen and oxygen atoms in total. The minimum absolute atomic E-state index is 0.282. The van der Waals surface area contributed by atoms with E-state index in [9.17, 15) is 8.42 Å². The predicted octanol–water partition coefficient (Wildman–Crippen LogP) is 2.38. The standard InChI is InChI=1S/C14H26N2O3S2/c1-10(2)15-9-13-11(3)19-12(4)14(13)21(17,18)16(5)7-8-20-6/h10,15H,7-9H2,1-6H3. The van der Waals surface area contributed by atoms with Crippen molar-refractivity contribution in [1.29, 1.82) is 0 Å². The monoisotopic (exact) mass is 334 g/mol. The molecule has 21 heavy (non-hydrogen) atoms. The Bertz CT molecular complexity index is 565. The molecule has 0 spiro atoms. The van der Waals surface area contributed by atoms with Gasteiger partial charge in [-0.05, 0) is 20.1 Å². The van der Waals surface area contributed by atoms with Gasteiger partial charge in [-0.2, -0.15) is 16.1 Å². The number of rotatable bonds is 8. The molecule has 0 aliphatic heterocycles. The largest absolute Gasteiger partial charge is 0.465 e. The van der Waals surface area contributed by atoms with Crippen LogP contribution in [0, 0.1) is 13.8 Å². The third-order valence-electron chi connectivity index (χ3n) is 3.29. The first-order chi connectivity index (χ1) is 9.71. The van der Waals surface area contributed by atoms with Gasteiger partial charge in [-0.3, -0.25) is 0 Å². The number of hydrogen-bond acceptors (Lipinski definition) is 5. The molecular weight excluding hydrogens is 308 g/mol. The van der Waals surface area contributed by atoms with Gasteiger partial charge in [-0.25, -0.2) is 8.42 Å². The Kier molecular flexibility index (Phi) is 6.77. The third kappa shape index (κ3) is 4.48. The van der Waals surface area contributed by atoms with Crippen molar-refractivity contribution < 1.29 is 12.8 Å². The van der Waals surface area contributed by atoms with E-state index < -0.39 is 10.0 Å². The first-order valence-corrected chi connectivity index (χ1v) is 9.82. The second-order valence-electron chi connectivity index (χ2n) is 5.38. The smallest absolute Gasteiger partial charge is 0.246 e. The van der Waals surface area contributed by atoms with Crippen LogP contribution in [-0.4, -0.2) is 44.4 Å². The molecule has 1 N–H and O–H groups in total. The first-order valence-electron chi connectivity index (χ1n) is 6.99. The Morgan fingerprint density at radius 2 is 1.90 bits per heavy atom. The molecule has 0 unspecified atom stereocenters. The van der Waals surface area contributed by atoms with E-state index in [2.05, 4.69) is 5.32 Å². The molecule has 0 saturated carbocycles. The van der Waals surface area contributed by atoms with E-state index in [1.54, 1.807) is 25.7 Å². The van der Waals surface area contributed by atoms with E-state index >= 15 is 0 Å². The van der Waals surface area contributed by atoms with E-state index in [1.807, 2.05) is 27.0 Å². The van der Waals surface area contributed by atoms with Crippen LogP contribution in [0.4, 0.5) is 0 Å². The lowest BCUT2D eigenvalue weighted by atomic mass is 10.2. The fourth-order valence-electron chi connectivity index (χ4n) is 2.05. The summed E-state index contributed by atoms with van der Waals surface area (Å²) in [6, 6.07) is 0.282. The molecular formula is C14H26N2O3S2. The van der Waals surface area contributed by atoms with Gasteiger partial charge in [0.25, 0.3) is 0 Å². The quantitative estimate of drug-likeness (QED) is 0.791. The molecule has 0 saturated heterocycles. The highest BCUT2D eigenvalue weighted by Crippen LogP contribution is 2.28. The summed E-state index contributed by atoms with van der Waals surface area (Å²) in [6.07, 6.45) is 1.96. The number of sulfonamides is 1. The van der Waals surface area contributed by atoms with Crippen LogP contribution < -0.4 is 5.32 Å². The Hall–Kier alpha value is -0.500. The topological polar surface area (TPSA) is 62.6 Å². The van der Waals surface area contributed by atoms with Crippen molar-refractivity contribution in [3.63, 3.8) is 0 Å². The Morgan fingerprint density at radius 3 is 2.43 bits per heavy atom. The lowest BCUT2D eigenvalue weighted by Gasteiger charge is -2.18. The molecule has 0 aliphatic rings. The van der Waals surface area contributed by atoms with Gasteiger partial charge in [0.1, 0.15) is 16.4 Å². The number of nitrogens with one attached hydrogen (secondary N) is 1. The van der Waals surface area contributed by atoms with Gasteiger partial charge >= 0.3 is 0 Å². The van der Waals surface area contributed by atoms with Crippen molar-refractivity contribution >= 4 is 21.8 Å². The van der Waals surface area contributed by atoms with E-state index in [0.29, 0.717) is 29.5 Å². The molecule has 0 bridgehead atoms. The van der Waals surface area contributed by atoms with Gasteiger partial charge in [0.05, 0.1) is 0 Å². The predicted molar refractivity (Wildman–Crippen MR) is 88.4 cm³/mol. The molecule has 0 radical (unpaired) electrons. The van der Waals surface area contributed by atoms with Crippen molar-refractivity contribution in [3.05, 3.63) is 17.1 Å². The molecule has 0 aliphatic carbocycles. The lowest BCUT2D eigenvalue weighted by Crippen LogP contribution is -2.31. The van der Waals surface area contributed by atoms with Crippen LogP contribution in [0.2, 0.25) is 0 Å². The van der Waals surface area contributed by atoms with Crippen molar-refractivity contribution in [2.45, 2.75) is 45.2 Å². The van der Waals surface area contributed by atoms with Gasteiger partial charge < -0.3 is 9.73 Å². The molecule has 0 atom stereocenters. The maximum atomic E-state index is 12.8. The average Bonchev–Trinajstić information content (AvgIpc) is 2.68. The Labute approximate surface area is 132 Å². The Balaban J connectivity index is 3.16. The van der Waals surface area contributed by atoms with Gasteiger partial charge in [-0.15, -0.1) is 0 Å². The fraction of sp³-hybridized carbons (Fsp3) is 0.714. The zero-order chi connectivity index (χ0) is 16.2. The van der Waals surface area contributed by atoms with Crippen molar-refractivity contribution in [1.82, 2.24) is 9.62 Å². The summed E-state index contributed by atoms with van der Waals surface area (Å²) < 4.78 is 32.5. The number of furan rings is 1. The summed E-state index contributed by atoms with van der Waals surface area (Å²) >= 11 is 1.63. The van der Waals surface area contributed by atoms with Gasteiger partial charge in [-0.1, -0.05) is 13.8 Å². The summed E-state index contributed by atoms with van der Waals surface area (Å²) in [7, 11) is -1.90. The average molecular weight is 335 g/mol. The highest BCUT2D eigenvalue weighted by molar-refractivity contribution is 7.98. The molecule has 1 rings (SSSR count). The normalized spacial score (nSPS) is 12.6. The van der Waals surface area contributed by atoms with Crippen LogP contribution in [0.1, 0.15) is 30.9 Å². The molecule has 1 heterocycles. The van der Waals surface area contributed by atoms with Gasteiger partial charge in [0.2, 0.25) is 10.0 Å². The molecule has 122 valence electrons. The first kappa shape index (κ1) is 18.5. The number of thioether (sulfide) groups is 1. The summed E-state index contributed by atoms with van der Waals surface area (Å²) in [4.78, 5) is 0.316. The highest BCUT2D eigenvalue weighted by Gasteiger charge is 2.30. The van der Waals surface area contributed by atoms with Crippen LogP contribution in [-0.2, 0) is 16.6 Å². The SMILES string of the molecule is CSCCN(C)S(=O)(=O)c1c(C)oc(C)c1CNC(C)C. The van der Waals surface area contributed by atoms with Crippen molar-refractivity contribution in [2.75, 3.05) is 25.6 Å². The molecule has 7 heteroatoms. The fourth-order valence-corrected chi connectivity index (χ4v) is 4.20. The second kappa shape index (κ2) is 7.67. The van der Waals surface area contributed by atoms with Crippen LogP contribution in [0.3, 0.4) is 0 Å². The summed E-state index contributed by atoms with van der Waals surface area (Å²) in [6.45, 7) is 8.56. The van der Waals surface area contributed by atoms with Gasteiger partial charge in [0.15, 0.2) is 0 Å². The summed E-state index contributed by atoms with van der Waals surface area (Å²) in [5, 5.41) is 3.26. The van der Waals surface area contributed by atoms with Crippen molar-refractivity contribution in [3.8, 4) is 0 Å². The van der Waals surface area contributed by atoms with E-state index in [1.165, 1.54) is 4.31 Å². The molecule has 0 aromatic carbocycles. The molecule has 1 aromatic rings. The summed E-state index contributed by atoms with van der Waals surface area (Å²) in [5.41, 5.74) is 0.734. The molecule has 0 amide bonds. The number of nitrogens with zero attached hydrogens (tertiary/aromatic N) is 1. The third-order valence-corrected chi connectivity index (χ3v) is 5.93. The minimum atomic E-state index is -3.51. The number of hydrogen-bond donors (Lipinski definition) is 1. The van der Waals surface area contributed by atoms with Crippen LogP contribution in [0.25, 0.3) is 0 Å². The van der Waals surface area contributed by atoms with E-state index in [0.717, 1.165) is 11.3 Å². The molecule has 1 aromatic heterocycles. The zero-order valence-corrected chi connectivity index (χ0v) is 15.3. The van der Waals surface area contributed by atoms with Crippen molar-refractivity contribution in [2.24, 2.45) is 0 Å². The van der Waals surface area contributed by atoms with E-state index in [4.69, 9.17) is 4.42 Å². The highest BCUT2D eigenvalue weighted by atomic mass is 32.2. The molecule has 0 fully saturated rings. The second-order valence-corrected chi connectivity index (χ2v) is 8.34. The maximum absolute atomic E-state index is 12.8. The Morgan fingerprint density at radius 1 is 1.29 bits per heavy atom. The van der Waals surface area contributed by atoms with Crippen LogP contribution in [0.15, 0.2) is 9.31 Å². The maximum Gasteiger partial charge on any atom is 0.246 e. The number of aryl methyl sites for hydroxylation is 2. The van der Waals surface area contributed by atoms with Crippen LogP contribution in [0.5, 0.6) is 0 Å². The zero-order valence-electron chi connectivity index (χ0n) is 13.7. The summed E-state index contributed by atoms with van der Waals surface area (Å²) in [5.74, 6) is 1.90. The van der Waals surface area contributed by atoms with E-state index in [-0.39, 0.29) is 6.04 Å². The van der Waals surface area contributed by atoms with Crippen LogP contribution >= 0.6 is 11.8 Å². The minimum Gasteiger partial charge on any atom is -0.465 e. The van der Waals surface area contributed by atoms with Gasteiger partial charge in [0, 0.05) is 37.5 Å².